The first-order valence-corrected chi connectivity index (χ1v) is 7.10. The van der Waals surface area contributed by atoms with Crippen LogP contribution in [0.15, 0.2) is 12.1 Å². The second-order valence-electron chi connectivity index (χ2n) is 5.30. The topological polar surface area (TPSA) is 66.2 Å². The number of halogens is 1. The van der Waals surface area contributed by atoms with Gasteiger partial charge in [-0.25, -0.2) is 4.98 Å². The van der Waals surface area contributed by atoms with Gasteiger partial charge in [0.15, 0.2) is 0 Å². The van der Waals surface area contributed by atoms with E-state index >= 15 is 0 Å². The van der Waals surface area contributed by atoms with Crippen LogP contribution in [0.4, 0.5) is 5.82 Å². The summed E-state index contributed by atoms with van der Waals surface area (Å²) < 4.78 is 4.42. The molecule has 0 bridgehead atoms. The number of pyridine rings is 1. The van der Waals surface area contributed by atoms with Gasteiger partial charge >= 0.3 is 18.9 Å². The SMILES string of the molecule is CC(C)(C)O[C-]=O.[CH2-]CN(C[CH-]C)c1cc(C#N)cc(Cl)n1.[Li+]. The van der Waals surface area contributed by atoms with Gasteiger partial charge in [0.05, 0.1) is 17.2 Å². The molecule has 0 aliphatic rings. The van der Waals surface area contributed by atoms with Gasteiger partial charge in [0, 0.05) is 0 Å². The summed E-state index contributed by atoms with van der Waals surface area (Å²) in [6, 6.07) is 5.30. The maximum Gasteiger partial charge on any atom is 1.00 e. The van der Waals surface area contributed by atoms with Gasteiger partial charge in [-0.15, -0.1) is 13.1 Å². The molecule has 0 aromatic carbocycles. The van der Waals surface area contributed by atoms with Crippen LogP contribution in [-0.4, -0.2) is 30.1 Å². The van der Waals surface area contributed by atoms with Crippen molar-refractivity contribution in [3.63, 3.8) is 0 Å². The molecular formula is C16H21ClLiN3O2-2. The Morgan fingerprint density at radius 1 is 1.52 bits per heavy atom. The first-order valence-electron chi connectivity index (χ1n) is 6.72. The van der Waals surface area contributed by atoms with E-state index in [0.717, 1.165) is 6.54 Å². The van der Waals surface area contributed by atoms with Crippen LogP contribution in [-0.2, 0) is 9.53 Å². The summed E-state index contributed by atoms with van der Waals surface area (Å²) in [7, 11) is 0. The molecule has 0 aliphatic heterocycles. The van der Waals surface area contributed by atoms with Gasteiger partial charge < -0.3 is 27.8 Å². The molecule has 0 amide bonds. The van der Waals surface area contributed by atoms with Crippen LogP contribution in [0.1, 0.15) is 33.3 Å². The van der Waals surface area contributed by atoms with Crippen molar-refractivity contribution in [3.05, 3.63) is 36.2 Å². The monoisotopic (exact) mass is 329 g/mol. The Kier molecular flexibility index (Phi) is 12.8. The average molecular weight is 330 g/mol. The third-order valence-corrected chi connectivity index (χ3v) is 2.45. The van der Waals surface area contributed by atoms with E-state index in [2.05, 4.69) is 16.6 Å². The fourth-order valence-electron chi connectivity index (χ4n) is 1.35. The molecule has 23 heavy (non-hydrogen) atoms. The third kappa shape index (κ3) is 11.0. The van der Waals surface area contributed by atoms with Gasteiger partial charge in [0.25, 0.3) is 0 Å². The van der Waals surface area contributed by atoms with E-state index in [1.807, 2.05) is 24.3 Å². The van der Waals surface area contributed by atoms with E-state index in [4.69, 9.17) is 16.9 Å². The first-order chi connectivity index (χ1) is 10.3. The van der Waals surface area contributed by atoms with Gasteiger partial charge in [0.1, 0.15) is 11.0 Å². The molecule has 122 valence electrons. The van der Waals surface area contributed by atoms with E-state index in [1.165, 1.54) is 6.47 Å². The smallest absolute Gasteiger partial charge is 0.649 e. The Morgan fingerprint density at radius 3 is 2.48 bits per heavy atom. The summed E-state index contributed by atoms with van der Waals surface area (Å²) in [5.41, 5.74) is 0.140. The van der Waals surface area contributed by atoms with Crippen molar-refractivity contribution < 1.29 is 28.4 Å². The number of rotatable bonds is 5. The molecule has 0 radical (unpaired) electrons. The molecule has 0 unspecified atom stereocenters. The Balaban J connectivity index is 0. The zero-order chi connectivity index (χ0) is 17.2. The second kappa shape index (κ2) is 12.2. The summed E-state index contributed by atoms with van der Waals surface area (Å²) in [4.78, 5) is 15.6. The number of hydrogen-bond donors (Lipinski definition) is 0. The Labute approximate surface area is 156 Å². The molecule has 0 N–H and O–H groups in total. The second-order valence-corrected chi connectivity index (χ2v) is 5.69. The van der Waals surface area contributed by atoms with Crippen molar-refractivity contribution >= 4 is 23.9 Å². The largest absolute Gasteiger partial charge is 1.00 e. The van der Waals surface area contributed by atoms with Crippen molar-refractivity contribution in [2.24, 2.45) is 0 Å². The number of carbonyl (C=O) groups excluding carboxylic acids is 1. The van der Waals surface area contributed by atoms with Crippen LogP contribution >= 0.6 is 11.6 Å². The number of nitriles is 1. The van der Waals surface area contributed by atoms with Gasteiger partial charge in [0.2, 0.25) is 0 Å². The minimum Gasteiger partial charge on any atom is -0.649 e. The number of hydrogen-bond acceptors (Lipinski definition) is 5. The van der Waals surface area contributed by atoms with Crippen molar-refractivity contribution in [2.75, 3.05) is 18.0 Å². The standard InChI is InChI=1S/C11H12ClN3.C5H9O2.Li/c1-3-5-15(4-2)11-7-9(8-13)6-10(12)14-11;1-5(2,3)7-4-6;/h3,6-7H,2,4-5H2,1H3;1-3H3;/q-2;-1;+1. The summed E-state index contributed by atoms with van der Waals surface area (Å²) in [6.07, 6.45) is 2.00. The average Bonchev–Trinajstić information content (AvgIpc) is 2.43. The fraction of sp³-hybridized carbons (Fsp3) is 0.438. The van der Waals surface area contributed by atoms with Crippen molar-refractivity contribution in [3.8, 4) is 6.07 Å². The molecule has 1 aromatic rings. The predicted molar refractivity (Wildman–Crippen MR) is 88.0 cm³/mol. The van der Waals surface area contributed by atoms with Gasteiger partial charge in [-0.05, 0) is 32.9 Å². The zero-order valence-electron chi connectivity index (χ0n) is 14.4. The van der Waals surface area contributed by atoms with Crippen molar-refractivity contribution in [2.45, 2.75) is 33.3 Å². The van der Waals surface area contributed by atoms with Crippen LogP contribution in [0.3, 0.4) is 0 Å². The number of anilines is 1. The van der Waals surface area contributed by atoms with E-state index in [9.17, 15) is 4.79 Å². The summed E-state index contributed by atoms with van der Waals surface area (Å²) in [5, 5.41) is 9.12. The molecule has 0 atom stereocenters. The van der Waals surface area contributed by atoms with Crippen LogP contribution in [0.5, 0.6) is 0 Å². The minimum absolute atomic E-state index is 0. The molecule has 0 saturated carbocycles. The van der Waals surface area contributed by atoms with Crippen LogP contribution in [0.25, 0.3) is 0 Å². The maximum atomic E-state index is 9.47. The molecule has 1 aromatic heterocycles. The molecule has 0 spiro atoms. The quantitative estimate of drug-likeness (QED) is 0.443. The Hall–Kier alpha value is -1.20. The van der Waals surface area contributed by atoms with Crippen molar-refractivity contribution in [1.29, 1.82) is 5.26 Å². The summed E-state index contributed by atoms with van der Waals surface area (Å²) in [5.74, 6) is 0.687. The molecule has 1 rings (SSSR count). The molecule has 5 nitrogen and oxygen atoms in total. The van der Waals surface area contributed by atoms with Crippen LogP contribution in [0.2, 0.25) is 5.15 Å². The van der Waals surface area contributed by atoms with Crippen LogP contribution < -0.4 is 23.8 Å². The maximum absolute atomic E-state index is 9.47. The summed E-state index contributed by atoms with van der Waals surface area (Å²) in [6.45, 7) is 13.8. The molecule has 1 heterocycles. The molecule has 7 heteroatoms. The van der Waals surface area contributed by atoms with E-state index in [1.54, 1.807) is 32.9 Å². The molecule has 0 fully saturated rings. The minimum atomic E-state index is -0.373. The normalized spacial score (nSPS) is 9.61. The zero-order valence-corrected chi connectivity index (χ0v) is 15.1. The predicted octanol–water partition coefficient (Wildman–Crippen LogP) is 0.344. The van der Waals surface area contributed by atoms with Crippen molar-refractivity contribution in [1.82, 2.24) is 4.98 Å². The van der Waals surface area contributed by atoms with Gasteiger partial charge in [-0.3, -0.25) is 0 Å². The van der Waals surface area contributed by atoms with E-state index in [-0.39, 0.29) is 24.5 Å². The van der Waals surface area contributed by atoms with E-state index < -0.39 is 0 Å². The third-order valence-electron chi connectivity index (χ3n) is 2.25. The fourth-order valence-corrected chi connectivity index (χ4v) is 1.56. The number of aromatic nitrogens is 1. The molecule has 0 saturated heterocycles. The Morgan fingerprint density at radius 2 is 2.13 bits per heavy atom. The number of ether oxygens (including phenoxy) is 1. The first kappa shape index (κ1) is 24.1. The van der Waals surface area contributed by atoms with Gasteiger partial charge in [-0.1, -0.05) is 18.1 Å². The molecular weight excluding hydrogens is 309 g/mol. The van der Waals surface area contributed by atoms with Crippen LogP contribution in [0, 0.1) is 24.7 Å². The van der Waals surface area contributed by atoms with E-state index in [0.29, 0.717) is 23.1 Å². The molecule has 0 aliphatic carbocycles. The summed E-state index contributed by atoms with van der Waals surface area (Å²) >= 11 is 5.81. The number of nitrogens with zero attached hydrogens (tertiary/aromatic N) is 3. The van der Waals surface area contributed by atoms with Gasteiger partial charge in [-0.2, -0.15) is 12.2 Å². The Bertz CT molecular complexity index is 513.